The van der Waals surface area contributed by atoms with Gasteiger partial charge >= 0.3 is 11.9 Å². The molecule has 0 spiro atoms. The number of aliphatic hydroxyl groups is 3. The van der Waals surface area contributed by atoms with Crippen LogP contribution < -0.4 is 0 Å². The second-order valence-corrected chi connectivity index (χ2v) is 17.3. The van der Waals surface area contributed by atoms with E-state index in [0.29, 0.717) is 12.8 Å². The van der Waals surface area contributed by atoms with E-state index in [0.717, 1.165) is 64.2 Å². The molecular formula is C45H80O12S. The lowest BCUT2D eigenvalue weighted by Gasteiger charge is -2.40. The first-order valence-electron chi connectivity index (χ1n) is 22.5. The summed E-state index contributed by atoms with van der Waals surface area (Å²) in [6, 6.07) is 0. The quantitative estimate of drug-likeness (QED) is 0.0152. The largest absolute Gasteiger partial charge is 0.462 e. The molecule has 0 bridgehead atoms. The minimum Gasteiger partial charge on any atom is -0.462 e. The topological polar surface area (TPSA) is 186 Å². The van der Waals surface area contributed by atoms with E-state index in [2.05, 4.69) is 37.8 Å². The molecule has 12 nitrogen and oxygen atoms in total. The lowest BCUT2D eigenvalue weighted by Crippen LogP contribution is -2.60. The van der Waals surface area contributed by atoms with Crippen molar-refractivity contribution in [2.75, 3.05) is 19.0 Å². The minimum absolute atomic E-state index is 0.147. The summed E-state index contributed by atoms with van der Waals surface area (Å²) < 4.78 is 54.0. The monoisotopic (exact) mass is 845 g/mol. The predicted molar refractivity (Wildman–Crippen MR) is 229 cm³/mol. The summed E-state index contributed by atoms with van der Waals surface area (Å²) in [4.78, 5) is 25.4. The van der Waals surface area contributed by atoms with E-state index < -0.39 is 71.2 Å². The molecule has 4 N–H and O–H groups in total. The Morgan fingerprint density at radius 1 is 0.638 bits per heavy atom. The van der Waals surface area contributed by atoms with Crippen LogP contribution in [0.4, 0.5) is 0 Å². The molecule has 1 heterocycles. The molecule has 13 heteroatoms. The molecule has 2 unspecified atom stereocenters. The van der Waals surface area contributed by atoms with Gasteiger partial charge in [0.1, 0.15) is 36.8 Å². The Hall–Kier alpha value is -2.13. The first-order valence-corrected chi connectivity index (χ1v) is 24.1. The van der Waals surface area contributed by atoms with Crippen molar-refractivity contribution in [3.63, 3.8) is 0 Å². The maximum atomic E-state index is 12.8. The molecule has 1 rings (SSSR count). The third-order valence-electron chi connectivity index (χ3n) is 10.4. The van der Waals surface area contributed by atoms with Crippen LogP contribution in [0, 0.1) is 0 Å². The van der Waals surface area contributed by atoms with Gasteiger partial charge < -0.3 is 34.3 Å². The highest BCUT2D eigenvalue weighted by atomic mass is 32.2. The highest BCUT2D eigenvalue weighted by Crippen LogP contribution is 2.24. The van der Waals surface area contributed by atoms with Gasteiger partial charge in [0, 0.05) is 12.8 Å². The molecule has 1 saturated heterocycles. The van der Waals surface area contributed by atoms with Gasteiger partial charge in [0.15, 0.2) is 12.4 Å². The van der Waals surface area contributed by atoms with Gasteiger partial charge in [-0.25, -0.2) is 0 Å². The highest BCUT2D eigenvalue weighted by Gasteiger charge is 2.46. The Bertz CT molecular complexity index is 1210. The van der Waals surface area contributed by atoms with E-state index in [1.165, 1.54) is 83.5 Å². The van der Waals surface area contributed by atoms with Crippen LogP contribution in [0.3, 0.4) is 0 Å². The first-order chi connectivity index (χ1) is 28.0. The van der Waals surface area contributed by atoms with Crippen LogP contribution >= 0.6 is 0 Å². The van der Waals surface area contributed by atoms with E-state index in [9.17, 15) is 37.9 Å². The molecule has 1 aliphatic rings. The lowest BCUT2D eigenvalue weighted by molar-refractivity contribution is -0.297. The van der Waals surface area contributed by atoms with Crippen molar-refractivity contribution in [2.24, 2.45) is 0 Å². The minimum atomic E-state index is -4.60. The summed E-state index contributed by atoms with van der Waals surface area (Å²) in [6.45, 7) is 5.25. The number of allylic oxidation sites excluding steroid dienone is 5. The SMILES string of the molecule is C=CCCCCCCCCCCCCCCCC(=O)OC[C@H](CO[C@H]1O[C@H](CS(=O)(=O)O)[C@@H](O)C(O)C1O)OC(=O)CCCCCCC/C=C/C=C/CCCCCC. The van der Waals surface area contributed by atoms with Gasteiger partial charge in [0.25, 0.3) is 10.1 Å². The molecule has 1 fully saturated rings. The molecule has 6 atom stereocenters. The number of hydrogen-bond donors (Lipinski definition) is 4. The molecule has 338 valence electrons. The average Bonchev–Trinajstić information content (AvgIpc) is 3.18. The zero-order chi connectivity index (χ0) is 42.7. The third kappa shape index (κ3) is 30.0. The van der Waals surface area contributed by atoms with Gasteiger partial charge in [0.05, 0.1) is 6.61 Å². The van der Waals surface area contributed by atoms with E-state index in [1.54, 1.807) is 0 Å². The molecule has 0 saturated carbocycles. The molecule has 1 aliphatic heterocycles. The molecule has 0 aromatic rings. The van der Waals surface area contributed by atoms with Gasteiger partial charge in [-0.15, -0.1) is 6.58 Å². The summed E-state index contributed by atoms with van der Waals surface area (Å²) in [7, 11) is -4.60. The van der Waals surface area contributed by atoms with Crippen LogP contribution in [0.25, 0.3) is 0 Å². The average molecular weight is 845 g/mol. The number of carbonyl (C=O) groups excluding carboxylic acids is 2. The zero-order valence-electron chi connectivity index (χ0n) is 35.7. The third-order valence-corrected chi connectivity index (χ3v) is 11.1. The number of ether oxygens (including phenoxy) is 4. The number of aliphatic hydroxyl groups excluding tert-OH is 3. The Morgan fingerprint density at radius 3 is 1.60 bits per heavy atom. The van der Waals surface area contributed by atoms with Crippen LogP contribution in [-0.4, -0.2) is 96.0 Å². The summed E-state index contributed by atoms with van der Waals surface area (Å²) in [5.74, 6) is -2.00. The zero-order valence-corrected chi connectivity index (χ0v) is 36.6. The van der Waals surface area contributed by atoms with Crippen molar-refractivity contribution in [1.29, 1.82) is 0 Å². The van der Waals surface area contributed by atoms with E-state index in [4.69, 9.17) is 18.9 Å². The van der Waals surface area contributed by atoms with Crippen LogP contribution in [0.1, 0.15) is 180 Å². The first kappa shape index (κ1) is 53.9. The maximum Gasteiger partial charge on any atom is 0.306 e. The Morgan fingerprint density at radius 2 is 1.10 bits per heavy atom. The smallest absolute Gasteiger partial charge is 0.306 e. The van der Waals surface area contributed by atoms with Crippen LogP contribution in [0.2, 0.25) is 0 Å². The fraction of sp³-hybridized carbons (Fsp3) is 0.822. The molecule has 0 amide bonds. The van der Waals surface area contributed by atoms with Crippen molar-refractivity contribution >= 4 is 22.1 Å². The summed E-state index contributed by atoms with van der Waals surface area (Å²) in [5.41, 5.74) is 0. The van der Waals surface area contributed by atoms with Gasteiger partial charge in [-0.1, -0.05) is 146 Å². The Balaban J connectivity index is 2.45. The Kier molecular flexibility index (Phi) is 33.1. The second-order valence-electron chi connectivity index (χ2n) is 15.8. The Labute approximate surface area is 351 Å². The van der Waals surface area contributed by atoms with Crippen LogP contribution in [0.15, 0.2) is 37.0 Å². The normalized spacial score (nSPS) is 20.5. The molecule has 0 aromatic carbocycles. The number of esters is 2. The van der Waals surface area contributed by atoms with Gasteiger partial charge in [0.2, 0.25) is 0 Å². The van der Waals surface area contributed by atoms with Crippen LogP contribution in [-0.2, 0) is 38.7 Å². The summed E-state index contributed by atoms with van der Waals surface area (Å²) >= 11 is 0. The van der Waals surface area contributed by atoms with E-state index >= 15 is 0 Å². The van der Waals surface area contributed by atoms with Crippen molar-refractivity contribution in [3.05, 3.63) is 37.0 Å². The van der Waals surface area contributed by atoms with Crippen molar-refractivity contribution < 1.29 is 56.8 Å². The van der Waals surface area contributed by atoms with E-state index in [1.807, 2.05) is 6.08 Å². The molecule has 0 aromatic heterocycles. The van der Waals surface area contributed by atoms with Gasteiger partial charge in [-0.2, -0.15) is 8.42 Å². The fourth-order valence-corrected chi connectivity index (χ4v) is 7.51. The van der Waals surface area contributed by atoms with Gasteiger partial charge in [-0.05, 0) is 51.4 Å². The summed E-state index contributed by atoms with van der Waals surface area (Å²) in [6.07, 6.45) is 29.3. The van der Waals surface area contributed by atoms with Gasteiger partial charge in [-0.3, -0.25) is 14.1 Å². The number of unbranched alkanes of at least 4 members (excludes halogenated alkanes) is 22. The second kappa shape index (κ2) is 35.6. The number of hydrogen-bond acceptors (Lipinski definition) is 11. The lowest BCUT2D eigenvalue weighted by atomic mass is 10.00. The van der Waals surface area contributed by atoms with Crippen molar-refractivity contribution in [3.8, 4) is 0 Å². The van der Waals surface area contributed by atoms with Crippen LogP contribution in [0.5, 0.6) is 0 Å². The fourth-order valence-electron chi connectivity index (χ4n) is 6.82. The van der Waals surface area contributed by atoms with Crippen molar-refractivity contribution in [1.82, 2.24) is 0 Å². The molecular weight excluding hydrogens is 765 g/mol. The van der Waals surface area contributed by atoms with E-state index in [-0.39, 0.29) is 19.4 Å². The number of rotatable bonds is 38. The highest BCUT2D eigenvalue weighted by molar-refractivity contribution is 7.85. The van der Waals surface area contributed by atoms with Crippen molar-refractivity contribution in [2.45, 2.75) is 217 Å². The molecule has 0 radical (unpaired) electrons. The molecule has 58 heavy (non-hydrogen) atoms. The standard InChI is InChI=1S/C45H80O12S/c1-3-5-7-9-11-13-15-17-19-21-23-25-27-29-31-33-40(46)54-35-38(36-55-45-44(50)43(49)42(48)39(57-45)37-58(51,52)53)56-41(47)34-32-30-28-26-24-22-20-18-16-14-12-10-8-6-4-2/h3,14,16,18,20,38-39,42-45,48-50H,1,4-13,15,17,19,21-37H2,2H3,(H,51,52,53)/b16-14+,20-18+/t38-,39-,42-,43?,44?,45+/m1/s1. The number of carbonyl (C=O) groups is 2. The molecule has 0 aliphatic carbocycles. The summed E-state index contributed by atoms with van der Waals surface area (Å²) in [5, 5.41) is 30.9. The predicted octanol–water partition coefficient (Wildman–Crippen LogP) is 9.00. The maximum absolute atomic E-state index is 12.8.